The SMILES string of the molecule is Cl.Cl.NCCOc1cccc(CC(=O)N2CCC(c3ccccc3)(c3csc(N)n3)CC2)c1. The van der Waals surface area contributed by atoms with Gasteiger partial charge in [0.15, 0.2) is 5.13 Å². The number of nitrogens with two attached hydrogens (primary N) is 2. The van der Waals surface area contributed by atoms with Crippen molar-refractivity contribution in [3.8, 4) is 5.75 Å². The van der Waals surface area contributed by atoms with Crippen LogP contribution in [0.15, 0.2) is 60.0 Å². The van der Waals surface area contributed by atoms with E-state index in [0.29, 0.717) is 37.8 Å². The third kappa shape index (κ3) is 6.18. The molecule has 0 bridgehead atoms. The van der Waals surface area contributed by atoms with Gasteiger partial charge in [0.05, 0.1) is 12.1 Å². The Kier molecular flexibility index (Phi) is 9.98. The quantitative estimate of drug-likeness (QED) is 0.501. The highest BCUT2D eigenvalue weighted by Crippen LogP contribution is 2.42. The molecule has 6 nitrogen and oxygen atoms in total. The summed E-state index contributed by atoms with van der Waals surface area (Å²) in [6.45, 7) is 2.31. The topological polar surface area (TPSA) is 94.5 Å². The van der Waals surface area contributed by atoms with Crippen LogP contribution in [0.4, 0.5) is 5.13 Å². The molecule has 0 radical (unpaired) electrons. The van der Waals surface area contributed by atoms with Crippen molar-refractivity contribution in [3.05, 3.63) is 76.8 Å². The average molecular weight is 510 g/mol. The average Bonchev–Trinajstić information content (AvgIpc) is 3.25. The third-order valence-electron chi connectivity index (χ3n) is 5.95. The molecule has 33 heavy (non-hydrogen) atoms. The van der Waals surface area contributed by atoms with Gasteiger partial charge in [-0.2, -0.15) is 0 Å². The van der Waals surface area contributed by atoms with E-state index in [1.54, 1.807) is 0 Å². The number of hydrogen-bond acceptors (Lipinski definition) is 6. The molecule has 0 aliphatic carbocycles. The van der Waals surface area contributed by atoms with Gasteiger partial charge in [0.25, 0.3) is 0 Å². The number of benzene rings is 2. The minimum absolute atomic E-state index is 0. The Balaban J connectivity index is 0.00000193. The monoisotopic (exact) mass is 508 g/mol. The van der Waals surface area contributed by atoms with Crippen molar-refractivity contribution in [2.24, 2.45) is 5.73 Å². The number of ether oxygens (including phenoxy) is 1. The summed E-state index contributed by atoms with van der Waals surface area (Å²) < 4.78 is 5.58. The first-order chi connectivity index (χ1) is 15.1. The highest BCUT2D eigenvalue weighted by molar-refractivity contribution is 7.13. The van der Waals surface area contributed by atoms with Gasteiger partial charge < -0.3 is 21.1 Å². The van der Waals surface area contributed by atoms with Gasteiger partial charge >= 0.3 is 0 Å². The maximum absolute atomic E-state index is 13.0. The summed E-state index contributed by atoms with van der Waals surface area (Å²) in [6, 6.07) is 18.1. The summed E-state index contributed by atoms with van der Waals surface area (Å²) in [6.07, 6.45) is 2.01. The Morgan fingerprint density at radius 1 is 1.09 bits per heavy atom. The van der Waals surface area contributed by atoms with E-state index in [1.807, 2.05) is 35.2 Å². The summed E-state index contributed by atoms with van der Waals surface area (Å²) in [5.41, 5.74) is 14.4. The Morgan fingerprint density at radius 2 is 1.82 bits per heavy atom. The Bertz CT molecular complexity index is 1020. The molecular weight excluding hydrogens is 479 g/mol. The predicted molar refractivity (Wildman–Crippen MR) is 139 cm³/mol. The van der Waals surface area contributed by atoms with E-state index in [2.05, 4.69) is 34.6 Å². The standard InChI is InChI=1S/C24H28N4O2S.2ClH/c25-11-14-30-20-8-4-5-18(15-20)16-22(29)28-12-9-24(10-13-28,19-6-2-1-3-7-19)21-17-31-23(26)27-21;;/h1-8,15,17H,9-14,16,25H2,(H2,26,27);2*1H. The zero-order valence-corrected chi connectivity index (χ0v) is 20.8. The molecule has 4 N–H and O–H groups in total. The number of hydrogen-bond donors (Lipinski definition) is 2. The molecule has 0 saturated carbocycles. The maximum Gasteiger partial charge on any atom is 0.226 e. The van der Waals surface area contributed by atoms with Gasteiger partial charge in [-0.3, -0.25) is 4.79 Å². The fourth-order valence-corrected chi connectivity index (χ4v) is 4.97. The first kappa shape index (κ1) is 26.9. The van der Waals surface area contributed by atoms with Crippen LogP contribution in [0.25, 0.3) is 0 Å². The number of piperidine rings is 1. The highest BCUT2D eigenvalue weighted by Gasteiger charge is 2.40. The summed E-state index contributed by atoms with van der Waals surface area (Å²) in [4.78, 5) is 19.6. The molecule has 1 amide bonds. The smallest absolute Gasteiger partial charge is 0.226 e. The zero-order chi connectivity index (χ0) is 21.7. The van der Waals surface area contributed by atoms with E-state index in [-0.39, 0.29) is 36.1 Å². The van der Waals surface area contributed by atoms with Crippen LogP contribution < -0.4 is 16.2 Å². The molecule has 0 atom stereocenters. The van der Waals surface area contributed by atoms with Gasteiger partial charge in [-0.05, 0) is 36.1 Å². The second-order valence-corrected chi connectivity index (χ2v) is 8.75. The van der Waals surface area contributed by atoms with Gasteiger partial charge in [-0.1, -0.05) is 42.5 Å². The largest absolute Gasteiger partial charge is 0.492 e. The molecule has 0 spiro atoms. The number of halogens is 2. The van der Waals surface area contributed by atoms with Crippen LogP contribution in [0, 0.1) is 0 Å². The first-order valence-corrected chi connectivity index (χ1v) is 11.5. The van der Waals surface area contributed by atoms with Gasteiger partial charge in [-0.15, -0.1) is 36.2 Å². The lowest BCUT2D eigenvalue weighted by molar-refractivity contribution is -0.131. The Labute approximate surface area is 211 Å². The summed E-state index contributed by atoms with van der Waals surface area (Å²) in [7, 11) is 0. The van der Waals surface area contributed by atoms with Crippen molar-refractivity contribution >= 4 is 47.2 Å². The van der Waals surface area contributed by atoms with Crippen molar-refractivity contribution in [1.29, 1.82) is 0 Å². The molecule has 2 aromatic carbocycles. The number of rotatable bonds is 7. The van der Waals surface area contributed by atoms with Crippen molar-refractivity contribution in [2.75, 3.05) is 32.0 Å². The molecule has 1 aliphatic rings. The molecule has 178 valence electrons. The minimum atomic E-state index is -0.206. The lowest BCUT2D eigenvalue weighted by atomic mass is 9.70. The Morgan fingerprint density at radius 3 is 2.45 bits per heavy atom. The molecule has 1 fully saturated rings. The van der Waals surface area contributed by atoms with E-state index in [9.17, 15) is 4.79 Å². The Hall–Kier alpha value is -2.32. The van der Waals surface area contributed by atoms with Crippen LogP contribution in [0.3, 0.4) is 0 Å². The molecule has 2 heterocycles. The highest BCUT2D eigenvalue weighted by atomic mass is 35.5. The fourth-order valence-electron chi connectivity index (χ4n) is 4.30. The molecule has 3 aromatic rings. The number of nitrogens with zero attached hydrogens (tertiary/aromatic N) is 2. The van der Waals surface area contributed by atoms with Crippen molar-refractivity contribution < 1.29 is 9.53 Å². The number of aromatic nitrogens is 1. The number of carbonyl (C=O) groups is 1. The van der Waals surface area contributed by atoms with Crippen LogP contribution in [-0.4, -0.2) is 42.0 Å². The fraction of sp³-hybridized carbons (Fsp3) is 0.333. The number of anilines is 1. The van der Waals surface area contributed by atoms with Crippen LogP contribution in [-0.2, 0) is 16.6 Å². The minimum Gasteiger partial charge on any atom is -0.492 e. The molecule has 4 rings (SSSR count). The first-order valence-electron chi connectivity index (χ1n) is 10.6. The van der Waals surface area contributed by atoms with E-state index in [4.69, 9.17) is 16.2 Å². The molecule has 0 unspecified atom stereocenters. The lowest BCUT2D eigenvalue weighted by Crippen LogP contribution is -2.46. The maximum atomic E-state index is 13.0. The van der Waals surface area contributed by atoms with Gasteiger partial charge in [0, 0.05) is 30.4 Å². The number of amides is 1. The molecule has 1 saturated heterocycles. The molecule has 9 heteroatoms. The van der Waals surface area contributed by atoms with E-state index in [0.717, 1.165) is 29.8 Å². The number of thiazole rings is 1. The summed E-state index contributed by atoms with van der Waals surface area (Å²) >= 11 is 1.47. The predicted octanol–water partition coefficient (Wildman–Crippen LogP) is 4.06. The van der Waals surface area contributed by atoms with Crippen molar-refractivity contribution in [1.82, 2.24) is 9.88 Å². The number of carbonyl (C=O) groups excluding carboxylic acids is 1. The van der Waals surface area contributed by atoms with Gasteiger partial charge in [0.2, 0.25) is 5.91 Å². The molecule has 1 aliphatic heterocycles. The normalized spacial score (nSPS) is 14.6. The van der Waals surface area contributed by atoms with Crippen LogP contribution in [0.2, 0.25) is 0 Å². The molecule has 1 aromatic heterocycles. The van der Waals surface area contributed by atoms with Crippen molar-refractivity contribution in [2.45, 2.75) is 24.7 Å². The van der Waals surface area contributed by atoms with E-state index >= 15 is 0 Å². The van der Waals surface area contributed by atoms with Gasteiger partial charge in [0.1, 0.15) is 12.4 Å². The van der Waals surface area contributed by atoms with Crippen LogP contribution in [0.1, 0.15) is 29.7 Å². The van der Waals surface area contributed by atoms with Gasteiger partial charge in [-0.25, -0.2) is 4.98 Å². The van der Waals surface area contributed by atoms with E-state index < -0.39 is 0 Å². The summed E-state index contributed by atoms with van der Waals surface area (Å²) in [5.74, 6) is 0.883. The van der Waals surface area contributed by atoms with Crippen LogP contribution in [0.5, 0.6) is 5.75 Å². The second-order valence-electron chi connectivity index (χ2n) is 7.86. The van der Waals surface area contributed by atoms with Crippen molar-refractivity contribution in [3.63, 3.8) is 0 Å². The third-order valence-corrected chi connectivity index (χ3v) is 6.62. The zero-order valence-electron chi connectivity index (χ0n) is 18.3. The number of nitrogen functional groups attached to an aromatic ring is 1. The second kappa shape index (κ2) is 12.2. The van der Waals surface area contributed by atoms with E-state index in [1.165, 1.54) is 16.9 Å². The number of likely N-dealkylation sites (tertiary alicyclic amines) is 1. The van der Waals surface area contributed by atoms with Crippen LogP contribution >= 0.6 is 36.2 Å². The lowest BCUT2D eigenvalue weighted by Gasteiger charge is -2.41. The molecular formula is C24H30Cl2N4O2S. The summed E-state index contributed by atoms with van der Waals surface area (Å²) in [5, 5.41) is 2.65.